The molecule has 0 aliphatic heterocycles. The number of fused-ring (bicyclic) bond motifs is 9. The van der Waals surface area contributed by atoms with Crippen LogP contribution in [0.1, 0.15) is 158 Å². The minimum atomic E-state index is -0.245. The van der Waals surface area contributed by atoms with Gasteiger partial charge in [-0.25, -0.2) is 0 Å². The molecule has 0 N–H and O–H groups in total. The highest BCUT2D eigenvalue weighted by molar-refractivity contribution is 6.01. The molecular formula is C77H86. The Kier molecular flexibility index (Phi) is 20.6. The molecule has 0 heteroatoms. The van der Waals surface area contributed by atoms with Crippen LogP contribution in [-0.4, -0.2) is 0 Å². The van der Waals surface area contributed by atoms with Gasteiger partial charge in [-0.15, -0.1) is 6.42 Å². The second-order valence-electron chi connectivity index (χ2n) is 19.4. The standard InChI is InChI=1S/C30H26.C26H24.C13H12.4C2H6/c1-5-20(2)24-15-10-17-26(24)30(19-23-13-8-11-21(23)3)27-16-7-6-14-25(27)29-22(4)12-9-18-28(29)30;1-4-9-18-21-15-14-17(3)16-25(21)26(22(18)5-2)23-12-7-6-10-19(23)20-11-8-13-24(20)26;1-11-7-5-6-10-13(11)12-8-3-2-4-9-12;4*1-2/h1,6-9,12-18H,2,10-11,19H2,3-4H3;5-10,12-16H,4,11H2,1-3H3;2-10H,1H3;4*1-2H3/b;18-9-,22-5+;;;;;. The van der Waals surface area contributed by atoms with Crippen molar-refractivity contribution in [3.8, 4) is 34.6 Å². The molecular weight excluding hydrogens is 925 g/mol. The van der Waals surface area contributed by atoms with E-state index < -0.39 is 0 Å². The predicted octanol–water partition coefficient (Wildman–Crippen LogP) is 21.9. The molecule has 2 unspecified atom stereocenters. The summed E-state index contributed by atoms with van der Waals surface area (Å²) in [7, 11) is 0. The minimum Gasteiger partial charge on any atom is -0.115 e. The van der Waals surface area contributed by atoms with E-state index in [9.17, 15) is 0 Å². The first-order chi connectivity index (χ1) is 37.7. The van der Waals surface area contributed by atoms with Gasteiger partial charge in [-0.2, -0.15) is 0 Å². The second-order valence-corrected chi connectivity index (χ2v) is 19.4. The fraction of sp³-hybridized carbons (Fsp3) is 0.273. The van der Waals surface area contributed by atoms with Crippen molar-refractivity contribution in [1.29, 1.82) is 0 Å². The Balaban J connectivity index is 0.000000186. The second kappa shape index (κ2) is 27.0. The maximum Gasteiger partial charge on any atom is 0.0719 e. The molecule has 6 aliphatic rings. The predicted molar refractivity (Wildman–Crippen MR) is 340 cm³/mol. The van der Waals surface area contributed by atoms with Gasteiger partial charge < -0.3 is 0 Å². The van der Waals surface area contributed by atoms with E-state index in [0.29, 0.717) is 0 Å². The van der Waals surface area contributed by atoms with Gasteiger partial charge in [0.1, 0.15) is 0 Å². The highest BCUT2D eigenvalue weighted by atomic mass is 14.6. The number of terminal acetylenes is 1. The lowest BCUT2D eigenvalue weighted by atomic mass is 9.65. The number of rotatable bonds is 6. The zero-order chi connectivity index (χ0) is 55.9. The maximum absolute atomic E-state index is 5.82. The first-order valence-corrected chi connectivity index (χ1v) is 28.9. The molecule has 6 aromatic carbocycles. The summed E-state index contributed by atoms with van der Waals surface area (Å²) in [5, 5.41) is 0. The van der Waals surface area contributed by atoms with Gasteiger partial charge in [-0.1, -0.05) is 274 Å². The zero-order valence-corrected chi connectivity index (χ0v) is 49.2. The summed E-state index contributed by atoms with van der Waals surface area (Å²) in [5.41, 5.74) is 29.6. The van der Waals surface area contributed by atoms with Gasteiger partial charge in [-0.3, -0.25) is 0 Å². The van der Waals surface area contributed by atoms with Crippen LogP contribution in [-0.2, 0) is 10.8 Å². The van der Waals surface area contributed by atoms with Crippen LogP contribution in [0.25, 0.3) is 33.4 Å². The molecule has 0 nitrogen and oxygen atoms in total. The van der Waals surface area contributed by atoms with Crippen molar-refractivity contribution < 1.29 is 0 Å². The third-order valence-electron chi connectivity index (χ3n) is 15.5. The van der Waals surface area contributed by atoms with Crippen molar-refractivity contribution in [2.24, 2.45) is 0 Å². The van der Waals surface area contributed by atoms with Crippen LogP contribution < -0.4 is 0 Å². The molecule has 6 aliphatic carbocycles. The summed E-state index contributed by atoms with van der Waals surface area (Å²) in [6, 6.07) is 50.7. The number of allylic oxidation sites excluding steroid dienone is 17. The molecule has 0 aromatic heterocycles. The molecule has 0 radical (unpaired) electrons. The minimum absolute atomic E-state index is 0.129. The van der Waals surface area contributed by atoms with E-state index in [1.54, 1.807) is 0 Å². The third-order valence-corrected chi connectivity index (χ3v) is 15.5. The Bertz CT molecular complexity index is 3370. The van der Waals surface area contributed by atoms with Crippen molar-refractivity contribution in [3.05, 3.63) is 284 Å². The number of aryl methyl sites for hydroxylation is 3. The van der Waals surface area contributed by atoms with Crippen molar-refractivity contribution in [2.45, 2.75) is 140 Å². The normalized spacial score (nSPS) is 18.9. The van der Waals surface area contributed by atoms with E-state index in [2.05, 4.69) is 236 Å². The Morgan fingerprint density at radius 2 is 1.22 bits per heavy atom. The van der Waals surface area contributed by atoms with E-state index >= 15 is 0 Å². The highest BCUT2D eigenvalue weighted by Gasteiger charge is 2.54. The quantitative estimate of drug-likeness (QED) is 0.146. The summed E-state index contributed by atoms with van der Waals surface area (Å²) in [5.74, 6) is 2.81. The number of hydrogen-bond donors (Lipinski definition) is 0. The van der Waals surface area contributed by atoms with Crippen LogP contribution in [0.2, 0.25) is 0 Å². The van der Waals surface area contributed by atoms with Crippen molar-refractivity contribution in [3.63, 3.8) is 0 Å². The molecule has 394 valence electrons. The van der Waals surface area contributed by atoms with Gasteiger partial charge in [0.25, 0.3) is 0 Å². The average Bonchev–Trinajstić information content (AvgIpc) is 4.55. The molecule has 0 amide bonds. The van der Waals surface area contributed by atoms with Crippen LogP contribution in [0.5, 0.6) is 0 Å². The topological polar surface area (TPSA) is 0 Å². The fourth-order valence-corrected chi connectivity index (χ4v) is 12.5. The Hall–Kier alpha value is -7.46. The molecule has 0 bridgehead atoms. The van der Waals surface area contributed by atoms with Crippen molar-refractivity contribution in [1.82, 2.24) is 0 Å². The molecule has 0 saturated carbocycles. The van der Waals surface area contributed by atoms with E-state index in [1.807, 2.05) is 61.5 Å². The Morgan fingerprint density at radius 3 is 1.87 bits per heavy atom. The molecule has 1 spiro atoms. The molecule has 0 saturated heterocycles. The fourth-order valence-electron chi connectivity index (χ4n) is 12.5. The summed E-state index contributed by atoms with van der Waals surface area (Å²) in [6.45, 7) is 33.5. The molecule has 2 atom stereocenters. The van der Waals surface area contributed by atoms with Gasteiger partial charge >= 0.3 is 0 Å². The van der Waals surface area contributed by atoms with Gasteiger partial charge in [0, 0.05) is 5.57 Å². The van der Waals surface area contributed by atoms with Crippen LogP contribution in [0.4, 0.5) is 0 Å². The summed E-state index contributed by atoms with van der Waals surface area (Å²) in [4.78, 5) is 0. The van der Waals surface area contributed by atoms with Gasteiger partial charge in [0.15, 0.2) is 0 Å². The van der Waals surface area contributed by atoms with Gasteiger partial charge in [0.2, 0.25) is 0 Å². The Morgan fingerprint density at radius 1 is 0.610 bits per heavy atom. The van der Waals surface area contributed by atoms with Crippen LogP contribution in [0, 0.1) is 33.1 Å². The first kappa shape index (κ1) is 58.8. The average molecular weight is 1010 g/mol. The number of benzene rings is 6. The van der Waals surface area contributed by atoms with Crippen molar-refractivity contribution in [2.75, 3.05) is 0 Å². The Labute approximate surface area is 466 Å². The van der Waals surface area contributed by atoms with Gasteiger partial charge in [0.05, 0.1) is 10.8 Å². The van der Waals surface area contributed by atoms with E-state index in [1.165, 1.54) is 111 Å². The van der Waals surface area contributed by atoms with E-state index in [4.69, 9.17) is 6.42 Å². The third kappa shape index (κ3) is 10.7. The zero-order valence-electron chi connectivity index (χ0n) is 49.2. The molecule has 6 aromatic rings. The van der Waals surface area contributed by atoms with E-state index in [-0.39, 0.29) is 10.8 Å². The SMILES string of the molecule is C#CC(=C)C1=CCC=C1C1(CC2=C(C)CC=C2)c2ccccc2-c2c(C)cccc21.C/C=C1\C(=C/CC)c2ccc(C)cc2C12C1=C(CC=C1)c1ccccc12.CC.CC.CC.CC.Cc1ccccc1-c1ccccc1. The lowest BCUT2D eigenvalue weighted by Gasteiger charge is -2.36. The lowest BCUT2D eigenvalue weighted by molar-refractivity contribution is 0.624. The summed E-state index contributed by atoms with van der Waals surface area (Å²) in [6.07, 6.45) is 29.6. The first-order valence-electron chi connectivity index (χ1n) is 28.9. The lowest BCUT2D eigenvalue weighted by Crippen LogP contribution is -2.29. The van der Waals surface area contributed by atoms with E-state index in [0.717, 1.165) is 43.3 Å². The van der Waals surface area contributed by atoms with Crippen LogP contribution >= 0.6 is 0 Å². The van der Waals surface area contributed by atoms with Crippen LogP contribution in [0.3, 0.4) is 0 Å². The molecule has 0 heterocycles. The molecule has 0 fully saturated rings. The van der Waals surface area contributed by atoms with Gasteiger partial charge in [-0.05, 0) is 172 Å². The molecule has 77 heavy (non-hydrogen) atoms. The highest BCUT2D eigenvalue weighted by Crippen LogP contribution is 2.65. The summed E-state index contributed by atoms with van der Waals surface area (Å²) < 4.78 is 0. The largest absolute Gasteiger partial charge is 0.115 e. The number of hydrogen-bond acceptors (Lipinski definition) is 0. The molecule has 12 rings (SSSR count). The maximum atomic E-state index is 5.82. The van der Waals surface area contributed by atoms with Crippen molar-refractivity contribution >= 4 is 11.1 Å². The smallest absolute Gasteiger partial charge is 0.0719 e. The van der Waals surface area contributed by atoms with Crippen LogP contribution in [0.15, 0.2) is 234 Å². The monoisotopic (exact) mass is 1010 g/mol. The summed E-state index contributed by atoms with van der Waals surface area (Å²) >= 11 is 0.